The molecule has 0 aliphatic carbocycles. The summed E-state index contributed by atoms with van der Waals surface area (Å²) < 4.78 is 19.7. The van der Waals surface area contributed by atoms with Crippen LogP contribution in [0.15, 0.2) is 36.7 Å². The molecule has 0 atom stereocenters. The van der Waals surface area contributed by atoms with Crippen LogP contribution in [-0.4, -0.2) is 17.1 Å². The Morgan fingerprint density at radius 1 is 1.24 bits per heavy atom. The van der Waals surface area contributed by atoms with Crippen molar-refractivity contribution in [3.05, 3.63) is 47.5 Å². The third kappa shape index (κ3) is 2.25. The summed E-state index contributed by atoms with van der Waals surface area (Å²) in [6.07, 6.45) is 1.30. The fourth-order valence-corrected chi connectivity index (χ4v) is 2.47. The molecule has 0 saturated carbocycles. The zero-order chi connectivity index (χ0) is 15.0. The van der Waals surface area contributed by atoms with Gasteiger partial charge in [-0.2, -0.15) is 0 Å². The van der Waals surface area contributed by atoms with Crippen molar-refractivity contribution in [3.63, 3.8) is 0 Å². The molecule has 0 aliphatic heterocycles. The highest BCUT2D eigenvalue weighted by atomic mass is 35.5. The van der Waals surface area contributed by atoms with Gasteiger partial charge < -0.3 is 10.5 Å². The van der Waals surface area contributed by atoms with Gasteiger partial charge in [0.25, 0.3) is 0 Å². The van der Waals surface area contributed by atoms with E-state index in [0.29, 0.717) is 32.8 Å². The predicted octanol–water partition coefficient (Wildman–Crippen LogP) is 3.68. The SMILES string of the molecule is COc1cc(F)c(-c2cccc(Cl)c2)c2ncnc(N)c12. The quantitative estimate of drug-likeness (QED) is 0.784. The molecule has 0 aliphatic rings. The van der Waals surface area contributed by atoms with E-state index >= 15 is 0 Å². The second-order valence-corrected chi connectivity index (χ2v) is 4.86. The number of benzene rings is 2. The summed E-state index contributed by atoms with van der Waals surface area (Å²) >= 11 is 5.98. The van der Waals surface area contributed by atoms with Crippen LogP contribution < -0.4 is 10.5 Å². The minimum absolute atomic E-state index is 0.236. The molecule has 3 aromatic rings. The van der Waals surface area contributed by atoms with E-state index in [-0.39, 0.29) is 5.82 Å². The predicted molar refractivity (Wildman–Crippen MR) is 80.9 cm³/mol. The summed E-state index contributed by atoms with van der Waals surface area (Å²) in [6.45, 7) is 0. The molecule has 6 heteroatoms. The van der Waals surface area contributed by atoms with Gasteiger partial charge in [-0.3, -0.25) is 0 Å². The maximum Gasteiger partial charge on any atom is 0.138 e. The number of aromatic nitrogens is 2. The van der Waals surface area contributed by atoms with Crippen LogP contribution in [-0.2, 0) is 0 Å². The average Bonchev–Trinajstić information content (AvgIpc) is 2.46. The maximum atomic E-state index is 14.5. The van der Waals surface area contributed by atoms with Gasteiger partial charge in [-0.05, 0) is 17.7 Å². The lowest BCUT2D eigenvalue weighted by Crippen LogP contribution is -1.99. The van der Waals surface area contributed by atoms with Crippen molar-refractivity contribution in [2.75, 3.05) is 12.8 Å². The summed E-state index contributed by atoms with van der Waals surface area (Å²) in [5.41, 5.74) is 7.21. The molecule has 0 bridgehead atoms. The van der Waals surface area contributed by atoms with E-state index in [2.05, 4.69) is 9.97 Å². The third-order valence-electron chi connectivity index (χ3n) is 3.19. The standard InChI is InChI=1S/C15H11ClFN3O/c1-21-11-6-10(17)12(8-3-2-4-9(16)5-8)14-13(11)15(18)20-7-19-14/h2-7H,1H3,(H2,18,19,20). The highest BCUT2D eigenvalue weighted by molar-refractivity contribution is 6.30. The minimum atomic E-state index is -0.459. The van der Waals surface area contributed by atoms with Crippen molar-refractivity contribution in [3.8, 4) is 16.9 Å². The van der Waals surface area contributed by atoms with Crippen LogP contribution in [0.4, 0.5) is 10.2 Å². The van der Waals surface area contributed by atoms with Crippen LogP contribution in [0.1, 0.15) is 0 Å². The molecule has 21 heavy (non-hydrogen) atoms. The zero-order valence-corrected chi connectivity index (χ0v) is 11.9. The van der Waals surface area contributed by atoms with Crippen LogP contribution in [0.25, 0.3) is 22.0 Å². The van der Waals surface area contributed by atoms with Gasteiger partial charge in [-0.15, -0.1) is 0 Å². The van der Waals surface area contributed by atoms with Crippen LogP contribution in [0.5, 0.6) is 5.75 Å². The van der Waals surface area contributed by atoms with Crippen LogP contribution in [0, 0.1) is 5.82 Å². The number of hydrogen-bond donors (Lipinski definition) is 1. The molecule has 0 saturated heterocycles. The third-order valence-corrected chi connectivity index (χ3v) is 3.42. The summed E-state index contributed by atoms with van der Waals surface area (Å²) in [6, 6.07) is 8.17. The van der Waals surface area contributed by atoms with Crippen molar-refractivity contribution in [2.24, 2.45) is 0 Å². The monoisotopic (exact) mass is 303 g/mol. The molecule has 0 spiro atoms. The Morgan fingerprint density at radius 3 is 2.76 bits per heavy atom. The molecule has 4 nitrogen and oxygen atoms in total. The molecule has 0 radical (unpaired) electrons. The highest BCUT2D eigenvalue weighted by Gasteiger charge is 2.18. The number of rotatable bonds is 2. The summed E-state index contributed by atoms with van der Waals surface area (Å²) in [5.74, 6) is 0.0752. The minimum Gasteiger partial charge on any atom is -0.496 e. The molecular weight excluding hydrogens is 293 g/mol. The maximum absolute atomic E-state index is 14.5. The fourth-order valence-electron chi connectivity index (χ4n) is 2.28. The average molecular weight is 304 g/mol. The first-order valence-corrected chi connectivity index (χ1v) is 6.52. The topological polar surface area (TPSA) is 61.0 Å². The number of nitrogen functional groups attached to an aromatic ring is 1. The molecule has 2 N–H and O–H groups in total. The Bertz CT molecular complexity index is 839. The number of nitrogens with zero attached hydrogens (tertiary/aromatic N) is 2. The number of fused-ring (bicyclic) bond motifs is 1. The molecule has 3 rings (SSSR count). The summed E-state index contributed by atoms with van der Waals surface area (Å²) in [4.78, 5) is 8.10. The van der Waals surface area contributed by atoms with Gasteiger partial charge in [0.15, 0.2) is 0 Å². The van der Waals surface area contributed by atoms with Crippen LogP contribution in [0.3, 0.4) is 0 Å². The number of anilines is 1. The van der Waals surface area contributed by atoms with E-state index in [4.69, 9.17) is 22.1 Å². The largest absolute Gasteiger partial charge is 0.496 e. The molecular formula is C15H11ClFN3O. The molecule has 1 aromatic heterocycles. The second-order valence-electron chi connectivity index (χ2n) is 4.43. The van der Waals surface area contributed by atoms with Gasteiger partial charge >= 0.3 is 0 Å². The van der Waals surface area contributed by atoms with E-state index in [1.54, 1.807) is 24.3 Å². The number of ether oxygens (including phenoxy) is 1. The molecule has 106 valence electrons. The summed E-state index contributed by atoms with van der Waals surface area (Å²) in [7, 11) is 1.44. The van der Waals surface area contributed by atoms with Gasteiger partial charge in [0.2, 0.25) is 0 Å². The Labute approximate surface area is 125 Å². The van der Waals surface area contributed by atoms with Crippen LogP contribution in [0.2, 0.25) is 5.02 Å². The number of nitrogens with two attached hydrogens (primary N) is 1. The first-order valence-electron chi connectivity index (χ1n) is 6.14. The zero-order valence-electron chi connectivity index (χ0n) is 11.1. The van der Waals surface area contributed by atoms with Crippen molar-refractivity contribution in [1.82, 2.24) is 9.97 Å². The van der Waals surface area contributed by atoms with Gasteiger partial charge in [-0.1, -0.05) is 23.7 Å². The van der Waals surface area contributed by atoms with Crippen LogP contribution >= 0.6 is 11.6 Å². The Kier molecular flexibility index (Phi) is 3.35. The Morgan fingerprint density at radius 2 is 2.05 bits per heavy atom. The van der Waals surface area contributed by atoms with E-state index < -0.39 is 5.82 Å². The number of methoxy groups -OCH3 is 1. The van der Waals surface area contributed by atoms with Crippen molar-refractivity contribution in [2.45, 2.75) is 0 Å². The first kappa shape index (κ1) is 13.6. The highest BCUT2D eigenvalue weighted by Crippen LogP contribution is 2.38. The normalized spacial score (nSPS) is 10.8. The summed E-state index contributed by atoms with van der Waals surface area (Å²) in [5, 5.41) is 0.995. The van der Waals surface area contributed by atoms with E-state index in [1.807, 2.05) is 0 Å². The lowest BCUT2D eigenvalue weighted by Gasteiger charge is -2.12. The molecule has 0 unspecified atom stereocenters. The van der Waals surface area contributed by atoms with E-state index in [1.165, 1.54) is 19.5 Å². The molecule has 0 fully saturated rings. The van der Waals surface area contributed by atoms with Crippen molar-refractivity contribution < 1.29 is 9.13 Å². The Hall–Kier alpha value is -2.40. The lowest BCUT2D eigenvalue weighted by molar-refractivity contribution is 0.416. The number of hydrogen-bond acceptors (Lipinski definition) is 4. The first-order chi connectivity index (χ1) is 10.1. The second kappa shape index (κ2) is 5.18. The molecule has 1 heterocycles. The lowest BCUT2D eigenvalue weighted by atomic mass is 10.0. The van der Waals surface area contributed by atoms with Crippen molar-refractivity contribution >= 4 is 28.3 Å². The van der Waals surface area contributed by atoms with Crippen molar-refractivity contribution in [1.29, 1.82) is 0 Å². The van der Waals surface area contributed by atoms with Gasteiger partial charge in [0, 0.05) is 16.7 Å². The fraction of sp³-hybridized carbons (Fsp3) is 0.0667. The van der Waals surface area contributed by atoms with Gasteiger partial charge in [0.05, 0.1) is 18.0 Å². The number of halogens is 2. The Balaban J connectivity index is 2.43. The van der Waals surface area contributed by atoms with E-state index in [0.717, 1.165) is 0 Å². The van der Waals surface area contributed by atoms with E-state index in [9.17, 15) is 4.39 Å². The molecule has 0 amide bonds. The molecule has 2 aromatic carbocycles. The smallest absolute Gasteiger partial charge is 0.138 e. The van der Waals surface area contributed by atoms with Gasteiger partial charge in [-0.25, -0.2) is 14.4 Å². The van der Waals surface area contributed by atoms with Gasteiger partial charge in [0.1, 0.15) is 23.7 Å².